The fourth-order valence-electron chi connectivity index (χ4n) is 2.14. The van der Waals surface area contributed by atoms with Crippen LogP contribution in [0.5, 0.6) is 0 Å². The molecule has 0 saturated carbocycles. The van der Waals surface area contributed by atoms with Gasteiger partial charge in [0.15, 0.2) is 0 Å². The SMILES string of the molecule is CCOCCCNC(CCC(=O)O)C(O)c1ccccc1. The minimum Gasteiger partial charge on any atom is -0.481 e. The average molecular weight is 295 g/mol. The van der Waals surface area contributed by atoms with Crippen LogP contribution in [0.2, 0.25) is 0 Å². The minimum absolute atomic E-state index is 0.0347. The van der Waals surface area contributed by atoms with Gasteiger partial charge in [0, 0.05) is 25.7 Å². The van der Waals surface area contributed by atoms with Crippen LogP contribution in [0.25, 0.3) is 0 Å². The number of carboxylic acids is 1. The highest BCUT2D eigenvalue weighted by Crippen LogP contribution is 2.19. The first-order chi connectivity index (χ1) is 10.1. The minimum atomic E-state index is -0.851. The molecular formula is C16H25NO4. The van der Waals surface area contributed by atoms with Crippen LogP contribution >= 0.6 is 0 Å². The Morgan fingerprint density at radius 1 is 1.33 bits per heavy atom. The molecule has 1 aromatic carbocycles. The third kappa shape index (κ3) is 7.22. The number of carbonyl (C=O) groups is 1. The predicted octanol–water partition coefficient (Wildman–Crippen LogP) is 1.97. The number of rotatable bonds is 11. The standard InChI is InChI=1S/C16H25NO4/c1-2-21-12-6-11-17-14(9-10-15(18)19)16(20)13-7-4-3-5-8-13/h3-5,7-8,14,16-17,20H,2,6,9-12H2,1H3,(H,18,19). The lowest BCUT2D eigenvalue weighted by molar-refractivity contribution is -0.137. The number of hydrogen-bond acceptors (Lipinski definition) is 4. The van der Waals surface area contributed by atoms with Gasteiger partial charge in [0.1, 0.15) is 0 Å². The number of benzene rings is 1. The van der Waals surface area contributed by atoms with Crippen LogP contribution in [0.4, 0.5) is 0 Å². The summed E-state index contributed by atoms with van der Waals surface area (Å²) in [5, 5.41) is 22.5. The third-order valence-electron chi connectivity index (χ3n) is 3.27. The van der Waals surface area contributed by atoms with E-state index in [4.69, 9.17) is 9.84 Å². The molecular weight excluding hydrogens is 270 g/mol. The molecule has 21 heavy (non-hydrogen) atoms. The first-order valence-electron chi connectivity index (χ1n) is 7.41. The molecule has 118 valence electrons. The summed E-state index contributed by atoms with van der Waals surface area (Å²) in [6.45, 7) is 3.99. The number of nitrogens with one attached hydrogen (secondary N) is 1. The van der Waals surface area contributed by atoms with Crippen molar-refractivity contribution >= 4 is 5.97 Å². The lowest BCUT2D eigenvalue weighted by Gasteiger charge is -2.24. The maximum absolute atomic E-state index is 10.7. The van der Waals surface area contributed by atoms with Crippen LogP contribution in [0.3, 0.4) is 0 Å². The van der Waals surface area contributed by atoms with Crippen molar-refractivity contribution in [2.75, 3.05) is 19.8 Å². The molecule has 0 saturated heterocycles. The fourth-order valence-corrected chi connectivity index (χ4v) is 2.14. The third-order valence-corrected chi connectivity index (χ3v) is 3.27. The number of aliphatic hydroxyl groups is 1. The number of carboxylic acid groups (broad SMARTS) is 1. The van der Waals surface area contributed by atoms with Gasteiger partial charge in [0.05, 0.1) is 6.10 Å². The normalized spacial score (nSPS) is 13.8. The highest BCUT2D eigenvalue weighted by atomic mass is 16.5. The first-order valence-corrected chi connectivity index (χ1v) is 7.41. The van der Waals surface area contributed by atoms with Gasteiger partial charge < -0.3 is 20.3 Å². The van der Waals surface area contributed by atoms with Gasteiger partial charge >= 0.3 is 5.97 Å². The summed E-state index contributed by atoms with van der Waals surface area (Å²) in [4.78, 5) is 10.7. The molecule has 0 amide bonds. The van der Waals surface area contributed by atoms with Crippen LogP contribution in [0, 0.1) is 0 Å². The molecule has 0 fully saturated rings. The molecule has 0 aromatic heterocycles. The molecule has 2 atom stereocenters. The molecule has 1 rings (SSSR count). The quantitative estimate of drug-likeness (QED) is 0.544. The molecule has 2 unspecified atom stereocenters. The highest BCUT2D eigenvalue weighted by Gasteiger charge is 2.20. The molecule has 0 aliphatic heterocycles. The smallest absolute Gasteiger partial charge is 0.303 e. The average Bonchev–Trinajstić information content (AvgIpc) is 2.50. The van der Waals surface area contributed by atoms with Gasteiger partial charge in [-0.1, -0.05) is 30.3 Å². The van der Waals surface area contributed by atoms with Gasteiger partial charge in [-0.25, -0.2) is 0 Å². The number of aliphatic carboxylic acids is 1. The fraction of sp³-hybridized carbons (Fsp3) is 0.562. The number of aliphatic hydroxyl groups excluding tert-OH is 1. The van der Waals surface area contributed by atoms with Gasteiger partial charge in [-0.3, -0.25) is 4.79 Å². The van der Waals surface area contributed by atoms with Crippen molar-refractivity contribution in [2.45, 2.75) is 38.3 Å². The van der Waals surface area contributed by atoms with E-state index in [9.17, 15) is 9.90 Å². The second-order valence-corrected chi connectivity index (χ2v) is 4.90. The van der Waals surface area contributed by atoms with Crippen molar-refractivity contribution < 1.29 is 19.7 Å². The maximum atomic E-state index is 10.7. The lowest BCUT2D eigenvalue weighted by atomic mass is 9.98. The Balaban J connectivity index is 2.52. The number of ether oxygens (including phenoxy) is 1. The van der Waals surface area contributed by atoms with Crippen molar-refractivity contribution in [1.82, 2.24) is 5.32 Å². The van der Waals surface area contributed by atoms with Crippen molar-refractivity contribution in [3.05, 3.63) is 35.9 Å². The van der Waals surface area contributed by atoms with E-state index in [2.05, 4.69) is 5.32 Å². The lowest BCUT2D eigenvalue weighted by Crippen LogP contribution is -2.36. The molecule has 0 aliphatic rings. The summed E-state index contributed by atoms with van der Waals surface area (Å²) in [7, 11) is 0. The predicted molar refractivity (Wildman–Crippen MR) is 81.2 cm³/mol. The Labute approximate surface area is 125 Å². The second-order valence-electron chi connectivity index (χ2n) is 4.90. The Kier molecular flexibility index (Phi) is 8.66. The Hall–Kier alpha value is -1.43. The molecule has 5 nitrogen and oxygen atoms in total. The molecule has 5 heteroatoms. The van der Waals surface area contributed by atoms with Crippen LogP contribution in [-0.4, -0.2) is 42.0 Å². The molecule has 0 spiro atoms. The van der Waals surface area contributed by atoms with Crippen molar-refractivity contribution in [1.29, 1.82) is 0 Å². The monoisotopic (exact) mass is 295 g/mol. The molecule has 0 bridgehead atoms. The zero-order valence-corrected chi connectivity index (χ0v) is 12.5. The van der Waals surface area contributed by atoms with Crippen LogP contribution in [0.1, 0.15) is 37.9 Å². The van der Waals surface area contributed by atoms with E-state index < -0.39 is 12.1 Å². The largest absolute Gasteiger partial charge is 0.481 e. The van der Waals surface area contributed by atoms with Crippen molar-refractivity contribution in [3.8, 4) is 0 Å². The van der Waals surface area contributed by atoms with E-state index in [1.165, 1.54) is 0 Å². The molecule has 0 heterocycles. The van der Waals surface area contributed by atoms with E-state index in [1.54, 1.807) is 0 Å². The van der Waals surface area contributed by atoms with E-state index in [1.807, 2.05) is 37.3 Å². The molecule has 0 aliphatic carbocycles. The van der Waals surface area contributed by atoms with Crippen molar-refractivity contribution in [2.24, 2.45) is 0 Å². The van der Waals surface area contributed by atoms with E-state index in [0.29, 0.717) is 26.2 Å². The Morgan fingerprint density at radius 2 is 2.05 bits per heavy atom. The molecule has 3 N–H and O–H groups in total. The van der Waals surface area contributed by atoms with Gasteiger partial charge in [-0.05, 0) is 31.9 Å². The van der Waals surface area contributed by atoms with E-state index in [0.717, 1.165) is 12.0 Å². The Morgan fingerprint density at radius 3 is 2.67 bits per heavy atom. The van der Waals surface area contributed by atoms with E-state index >= 15 is 0 Å². The van der Waals surface area contributed by atoms with Gasteiger partial charge in [-0.15, -0.1) is 0 Å². The summed E-state index contributed by atoms with van der Waals surface area (Å²) in [6, 6.07) is 9.03. The zero-order valence-electron chi connectivity index (χ0n) is 12.5. The van der Waals surface area contributed by atoms with Crippen LogP contribution < -0.4 is 5.32 Å². The van der Waals surface area contributed by atoms with Gasteiger partial charge in [-0.2, -0.15) is 0 Å². The maximum Gasteiger partial charge on any atom is 0.303 e. The summed E-state index contributed by atoms with van der Waals surface area (Å²) < 4.78 is 5.26. The summed E-state index contributed by atoms with van der Waals surface area (Å²) in [5.41, 5.74) is 0.796. The zero-order chi connectivity index (χ0) is 15.5. The van der Waals surface area contributed by atoms with Crippen LogP contribution in [-0.2, 0) is 9.53 Å². The summed E-state index contributed by atoms with van der Waals surface area (Å²) >= 11 is 0. The topological polar surface area (TPSA) is 78.8 Å². The second kappa shape index (κ2) is 10.3. The highest BCUT2D eigenvalue weighted by molar-refractivity contribution is 5.66. The number of hydrogen-bond donors (Lipinski definition) is 3. The first kappa shape index (κ1) is 17.6. The summed E-state index contributed by atoms with van der Waals surface area (Å²) in [5.74, 6) is -0.851. The summed E-state index contributed by atoms with van der Waals surface area (Å²) in [6.07, 6.45) is 0.545. The molecule has 1 aromatic rings. The molecule has 0 radical (unpaired) electrons. The van der Waals surface area contributed by atoms with Crippen molar-refractivity contribution in [3.63, 3.8) is 0 Å². The van der Waals surface area contributed by atoms with Gasteiger partial charge in [0.25, 0.3) is 0 Å². The van der Waals surface area contributed by atoms with Gasteiger partial charge in [0.2, 0.25) is 0 Å². The van der Waals surface area contributed by atoms with Crippen LogP contribution in [0.15, 0.2) is 30.3 Å². The Bertz CT molecular complexity index is 397. The van der Waals surface area contributed by atoms with E-state index in [-0.39, 0.29) is 12.5 Å².